The molecule has 6 heteroatoms. The van der Waals surface area contributed by atoms with Crippen molar-refractivity contribution in [1.29, 1.82) is 0 Å². The topological polar surface area (TPSA) is 33.5 Å². The minimum Gasteiger partial charge on any atom is -0.457 e. The molecular formula is C21H14ClNO2S2. The first-order valence-corrected chi connectivity index (χ1v) is 9.82. The van der Waals surface area contributed by atoms with Gasteiger partial charge in [-0.15, -0.1) is 0 Å². The molecule has 0 radical (unpaired) electrons. The highest BCUT2D eigenvalue weighted by Crippen LogP contribution is 2.37. The zero-order valence-electron chi connectivity index (χ0n) is 14.3. The van der Waals surface area contributed by atoms with Crippen LogP contribution in [0.15, 0.2) is 70.0 Å². The van der Waals surface area contributed by atoms with E-state index in [9.17, 15) is 4.79 Å². The molecule has 2 aromatic carbocycles. The molecule has 0 saturated carbocycles. The van der Waals surface area contributed by atoms with Gasteiger partial charge in [-0.1, -0.05) is 65.9 Å². The monoisotopic (exact) mass is 411 g/mol. The maximum Gasteiger partial charge on any atom is 0.270 e. The summed E-state index contributed by atoms with van der Waals surface area (Å²) in [7, 11) is 0. The maximum atomic E-state index is 12.9. The first-order valence-electron chi connectivity index (χ1n) is 8.22. The molecule has 1 aromatic heterocycles. The van der Waals surface area contributed by atoms with E-state index in [2.05, 4.69) is 0 Å². The second-order valence-electron chi connectivity index (χ2n) is 6.02. The van der Waals surface area contributed by atoms with E-state index in [0.29, 0.717) is 25.8 Å². The molecular weight excluding hydrogens is 398 g/mol. The molecule has 27 heavy (non-hydrogen) atoms. The van der Waals surface area contributed by atoms with Crippen LogP contribution in [0.25, 0.3) is 17.4 Å². The van der Waals surface area contributed by atoms with Crippen LogP contribution in [0.3, 0.4) is 0 Å². The van der Waals surface area contributed by atoms with Gasteiger partial charge < -0.3 is 4.42 Å². The molecule has 0 bridgehead atoms. The van der Waals surface area contributed by atoms with Crippen LogP contribution in [0, 0.1) is 6.92 Å². The minimum absolute atomic E-state index is 0.139. The van der Waals surface area contributed by atoms with Gasteiger partial charge in [-0.05, 0) is 42.8 Å². The quantitative estimate of drug-likeness (QED) is 0.373. The second-order valence-corrected chi connectivity index (χ2v) is 8.13. The van der Waals surface area contributed by atoms with Crippen molar-refractivity contribution >= 4 is 57.6 Å². The fourth-order valence-electron chi connectivity index (χ4n) is 2.85. The number of thioether (sulfide) groups is 1. The fraction of sp³-hybridized carbons (Fsp3) is 0.0476. The van der Waals surface area contributed by atoms with E-state index < -0.39 is 0 Å². The molecule has 0 N–H and O–H groups in total. The molecule has 2 heterocycles. The van der Waals surface area contributed by atoms with Crippen LogP contribution >= 0.6 is 35.6 Å². The first kappa shape index (κ1) is 18.0. The normalized spacial score (nSPS) is 15.8. The van der Waals surface area contributed by atoms with Crippen LogP contribution in [0.5, 0.6) is 0 Å². The van der Waals surface area contributed by atoms with Gasteiger partial charge in [-0.25, -0.2) is 0 Å². The molecule has 134 valence electrons. The molecule has 1 aliphatic heterocycles. The molecule has 3 nitrogen and oxygen atoms in total. The highest BCUT2D eigenvalue weighted by molar-refractivity contribution is 8.27. The van der Waals surface area contributed by atoms with Crippen LogP contribution in [-0.4, -0.2) is 10.2 Å². The van der Waals surface area contributed by atoms with Crippen LogP contribution in [0.4, 0.5) is 5.69 Å². The van der Waals surface area contributed by atoms with Crippen LogP contribution in [0.1, 0.15) is 11.3 Å². The standard InChI is InChI=1S/C21H14ClNO2S2/c1-13-5-2-3-8-17(13)23-20(24)19(27-21(23)26)12-16-9-10-18(25-16)14-6-4-7-15(22)11-14/h2-12H,1H3. The number of benzene rings is 2. The number of rotatable bonds is 3. The second kappa shape index (κ2) is 7.35. The highest BCUT2D eigenvalue weighted by atomic mass is 35.5. The maximum absolute atomic E-state index is 12.9. The van der Waals surface area contributed by atoms with Crippen LogP contribution in [-0.2, 0) is 4.79 Å². The van der Waals surface area contributed by atoms with Crippen molar-refractivity contribution in [2.75, 3.05) is 4.90 Å². The third-order valence-electron chi connectivity index (χ3n) is 4.16. The van der Waals surface area contributed by atoms with Crippen molar-refractivity contribution in [3.8, 4) is 11.3 Å². The van der Waals surface area contributed by atoms with Crippen molar-refractivity contribution in [3.63, 3.8) is 0 Å². The summed E-state index contributed by atoms with van der Waals surface area (Å²) in [4.78, 5) is 15.0. The fourth-order valence-corrected chi connectivity index (χ4v) is 4.30. The molecule has 4 rings (SSSR count). The largest absolute Gasteiger partial charge is 0.457 e. The van der Waals surface area contributed by atoms with Crippen molar-refractivity contribution in [2.45, 2.75) is 6.92 Å². The number of hydrogen-bond acceptors (Lipinski definition) is 4. The van der Waals surface area contributed by atoms with Crippen LogP contribution in [0.2, 0.25) is 5.02 Å². The summed E-state index contributed by atoms with van der Waals surface area (Å²) in [5.41, 5.74) is 2.69. The number of hydrogen-bond donors (Lipinski definition) is 0. The minimum atomic E-state index is -0.139. The third kappa shape index (κ3) is 3.58. The number of anilines is 1. The van der Waals surface area contributed by atoms with Gasteiger partial charge in [0.2, 0.25) is 0 Å². The smallest absolute Gasteiger partial charge is 0.270 e. The van der Waals surface area contributed by atoms with Crippen molar-refractivity contribution in [2.24, 2.45) is 0 Å². The Morgan fingerprint density at radius 3 is 2.70 bits per heavy atom. The lowest BCUT2D eigenvalue weighted by Crippen LogP contribution is -2.28. The molecule has 0 aliphatic carbocycles. The van der Waals surface area contributed by atoms with Gasteiger partial charge in [0.15, 0.2) is 4.32 Å². The predicted molar refractivity (Wildman–Crippen MR) is 116 cm³/mol. The first-order chi connectivity index (χ1) is 13.0. The molecule has 1 saturated heterocycles. The van der Waals surface area contributed by atoms with E-state index >= 15 is 0 Å². The van der Waals surface area contributed by atoms with E-state index in [4.69, 9.17) is 28.2 Å². The van der Waals surface area contributed by atoms with Gasteiger partial charge in [0.1, 0.15) is 11.5 Å². The molecule has 1 amide bonds. The number of amides is 1. The highest BCUT2D eigenvalue weighted by Gasteiger charge is 2.34. The van der Waals surface area contributed by atoms with E-state index in [1.165, 1.54) is 11.8 Å². The SMILES string of the molecule is Cc1ccccc1N1C(=O)C(=Cc2ccc(-c3cccc(Cl)c3)o2)SC1=S. The zero-order valence-corrected chi connectivity index (χ0v) is 16.7. The Balaban J connectivity index is 1.63. The number of carbonyl (C=O) groups excluding carboxylic acids is 1. The number of aryl methyl sites for hydroxylation is 1. The Morgan fingerprint density at radius 1 is 1.11 bits per heavy atom. The zero-order chi connectivity index (χ0) is 19.0. The Morgan fingerprint density at radius 2 is 1.93 bits per heavy atom. The molecule has 0 unspecified atom stereocenters. The van der Waals surface area contributed by atoms with Gasteiger partial charge >= 0.3 is 0 Å². The number of halogens is 1. The molecule has 0 spiro atoms. The summed E-state index contributed by atoms with van der Waals surface area (Å²) in [5, 5.41) is 0.643. The molecule has 1 aliphatic rings. The number of nitrogens with zero attached hydrogens (tertiary/aromatic N) is 1. The van der Waals surface area contributed by atoms with E-state index in [0.717, 1.165) is 16.8 Å². The number of thiocarbonyl (C=S) groups is 1. The van der Waals surface area contributed by atoms with E-state index in [1.807, 2.05) is 67.6 Å². The number of carbonyl (C=O) groups is 1. The predicted octanol–water partition coefficient (Wildman–Crippen LogP) is 6.31. The van der Waals surface area contributed by atoms with Gasteiger partial charge in [0.25, 0.3) is 5.91 Å². The summed E-state index contributed by atoms with van der Waals surface area (Å²) >= 11 is 12.7. The lowest BCUT2D eigenvalue weighted by molar-refractivity contribution is -0.113. The summed E-state index contributed by atoms with van der Waals surface area (Å²) in [5.74, 6) is 1.15. The Hall–Kier alpha value is -2.34. The molecule has 3 aromatic rings. The number of furan rings is 1. The third-order valence-corrected chi connectivity index (χ3v) is 5.70. The van der Waals surface area contributed by atoms with E-state index in [-0.39, 0.29) is 5.91 Å². The summed E-state index contributed by atoms with van der Waals surface area (Å²) < 4.78 is 6.39. The van der Waals surface area contributed by atoms with Crippen molar-refractivity contribution < 1.29 is 9.21 Å². The Bertz CT molecular complexity index is 1090. The Kier molecular flexibility index (Phi) is 4.91. The summed E-state index contributed by atoms with van der Waals surface area (Å²) in [6.07, 6.45) is 1.73. The Labute approximate surface area is 171 Å². The van der Waals surface area contributed by atoms with Gasteiger partial charge in [-0.2, -0.15) is 0 Å². The molecule has 0 atom stereocenters. The summed E-state index contributed by atoms with van der Waals surface area (Å²) in [6, 6.07) is 18.8. The lowest BCUT2D eigenvalue weighted by atomic mass is 10.2. The lowest BCUT2D eigenvalue weighted by Gasteiger charge is -2.16. The van der Waals surface area contributed by atoms with E-state index in [1.54, 1.807) is 11.0 Å². The summed E-state index contributed by atoms with van der Waals surface area (Å²) in [6.45, 7) is 1.96. The van der Waals surface area contributed by atoms with Gasteiger partial charge in [0.05, 0.1) is 10.6 Å². The molecule has 1 fully saturated rings. The average Bonchev–Trinajstić information content (AvgIpc) is 3.21. The van der Waals surface area contributed by atoms with Gasteiger partial charge in [0, 0.05) is 16.7 Å². The van der Waals surface area contributed by atoms with Crippen LogP contribution < -0.4 is 4.90 Å². The van der Waals surface area contributed by atoms with Crippen molar-refractivity contribution in [1.82, 2.24) is 0 Å². The number of para-hydroxylation sites is 1. The van der Waals surface area contributed by atoms with Crippen molar-refractivity contribution in [3.05, 3.63) is 81.9 Å². The van der Waals surface area contributed by atoms with Gasteiger partial charge in [-0.3, -0.25) is 9.69 Å². The average molecular weight is 412 g/mol.